The lowest BCUT2D eigenvalue weighted by Crippen LogP contribution is -2.04. The van der Waals surface area contributed by atoms with Crippen LogP contribution in [-0.4, -0.2) is 11.5 Å². The lowest BCUT2D eigenvalue weighted by molar-refractivity contribution is -0.479. The molecule has 0 fully saturated rings. The fourth-order valence-electron chi connectivity index (χ4n) is 1.05. The third-order valence-electron chi connectivity index (χ3n) is 1.74. The first kappa shape index (κ1) is 10.7. The number of benzene rings is 1. The van der Waals surface area contributed by atoms with E-state index in [2.05, 4.69) is 15.9 Å². The fourth-order valence-corrected chi connectivity index (χ4v) is 1.49. The summed E-state index contributed by atoms with van der Waals surface area (Å²) >= 11 is 3.28. The van der Waals surface area contributed by atoms with Crippen LogP contribution in [0.3, 0.4) is 0 Å². The topological polar surface area (TPSA) is 66.9 Å². The van der Waals surface area contributed by atoms with Crippen molar-refractivity contribution in [2.45, 2.75) is 6.42 Å². The van der Waals surface area contributed by atoms with Gasteiger partial charge < -0.3 is 0 Å². The monoisotopic (exact) mass is 254 g/mol. The summed E-state index contributed by atoms with van der Waals surface area (Å²) in [4.78, 5) is 9.79. The molecule has 1 rings (SSSR count). The zero-order chi connectivity index (χ0) is 10.6. The van der Waals surface area contributed by atoms with Gasteiger partial charge in [-0.2, -0.15) is 5.26 Å². The van der Waals surface area contributed by atoms with Crippen molar-refractivity contribution in [3.05, 3.63) is 43.9 Å². The first-order valence-corrected chi connectivity index (χ1v) is 4.73. The Balaban J connectivity index is 2.85. The van der Waals surface area contributed by atoms with Crippen LogP contribution in [0.2, 0.25) is 0 Å². The summed E-state index contributed by atoms with van der Waals surface area (Å²) in [5, 5.41) is 18.8. The van der Waals surface area contributed by atoms with E-state index >= 15 is 0 Å². The Bertz CT molecular complexity index is 398. The number of rotatable bonds is 3. The minimum absolute atomic E-state index is 0.118. The molecule has 0 N–H and O–H groups in total. The molecule has 0 aliphatic rings. The maximum Gasteiger partial charge on any atom is 0.207 e. The van der Waals surface area contributed by atoms with Crippen LogP contribution < -0.4 is 0 Å². The molecule has 0 aliphatic carbocycles. The Labute approximate surface area is 89.4 Å². The van der Waals surface area contributed by atoms with E-state index in [0.29, 0.717) is 12.0 Å². The van der Waals surface area contributed by atoms with Gasteiger partial charge >= 0.3 is 0 Å². The SMILES string of the molecule is N#Cc1ccc(Br)c(CC[N+](=O)[O-])c1. The molecule has 1 aromatic rings. The molecule has 1 aromatic carbocycles. The maximum absolute atomic E-state index is 10.2. The van der Waals surface area contributed by atoms with E-state index in [1.54, 1.807) is 18.2 Å². The normalized spacial score (nSPS) is 9.43. The standard InChI is InChI=1S/C9H7BrN2O2/c10-9-2-1-7(6-11)5-8(9)3-4-12(13)14/h1-2,5H,3-4H2. The Morgan fingerprint density at radius 2 is 2.29 bits per heavy atom. The molecular weight excluding hydrogens is 248 g/mol. The van der Waals surface area contributed by atoms with Crippen LogP contribution in [0.25, 0.3) is 0 Å². The lowest BCUT2D eigenvalue weighted by atomic mass is 10.1. The quantitative estimate of drug-likeness (QED) is 0.613. The molecule has 0 radical (unpaired) electrons. The van der Waals surface area contributed by atoms with E-state index in [4.69, 9.17) is 5.26 Å². The van der Waals surface area contributed by atoms with Gasteiger partial charge in [-0.1, -0.05) is 15.9 Å². The van der Waals surface area contributed by atoms with E-state index in [1.165, 1.54) is 0 Å². The second-order valence-corrected chi connectivity index (χ2v) is 3.58. The number of hydrogen-bond donors (Lipinski definition) is 0. The van der Waals surface area contributed by atoms with Crippen LogP contribution in [0.1, 0.15) is 11.1 Å². The van der Waals surface area contributed by atoms with Crippen LogP contribution in [0.4, 0.5) is 0 Å². The lowest BCUT2D eigenvalue weighted by Gasteiger charge is -2.01. The molecular formula is C9H7BrN2O2. The van der Waals surface area contributed by atoms with Gasteiger partial charge in [0.15, 0.2) is 0 Å². The predicted octanol–water partition coefficient (Wildman–Crippen LogP) is 2.14. The van der Waals surface area contributed by atoms with Gasteiger partial charge in [0.25, 0.3) is 0 Å². The van der Waals surface area contributed by atoms with Crippen molar-refractivity contribution in [1.82, 2.24) is 0 Å². The number of nitriles is 1. The van der Waals surface area contributed by atoms with E-state index in [-0.39, 0.29) is 11.5 Å². The average Bonchev–Trinajstić information content (AvgIpc) is 2.16. The molecule has 0 unspecified atom stereocenters. The van der Waals surface area contributed by atoms with Gasteiger partial charge in [0, 0.05) is 15.8 Å². The molecule has 0 heterocycles. The van der Waals surface area contributed by atoms with E-state index in [0.717, 1.165) is 10.0 Å². The Hall–Kier alpha value is -1.41. The molecule has 72 valence electrons. The summed E-state index contributed by atoms with van der Waals surface area (Å²) in [7, 11) is 0. The predicted molar refractivity (Wildman–Crippen MR) is 54.4 cm³/mol. The van der Waals surface area contributed by atoms with Crippen LogP contribution in [0.5, 0.6) is 0 Å². The van der Waals surface area contributed by atoms with Gasteiger partial charge in [0.05, 0.1) is 11.6 Å². The highest BCUT2D eigenvalue weighted by Crippen LogP contribution is 2.18. The van der Waals surface area contributed by atoms with Crippen molar-refractivity contribution in [3.8, 4) is 6.07 Å². The Morgan fingerprint density at radius 1 is 1.57 bits per heavy atom. The van der Waals surface area contributed by atoms with Crippen LogP contribution in [0.15, 0.2) is 22.7 Å². The molecule has 0 bridgehead atoms. The molecule has 4 nitrogen and oxygen atoms in total. The average molecular weight is 255 g/mol. The third-order valence-corrected chi connectivity index (χ3v) is 2.51. The van der Waals surface area contributed by atoms with Gasteiger partial charge in [0.2, 0.25) is 6.54 Å². The van der Waals surface area contributed by atoms with Crippen LogP contribution in [-0.2, 0) is 6.42 Å². The first-order valence-electron chi connectivity index (χ1n) is 3.94. The first-order chi connectivity index (χ1) is 6.63. The van der Waals surface area contributed by atoms with Crippen molar-refractivity contribution in [2.75, 3.05) is 6.54 Å². The maximum atomic E-state index is 10.2. The minimum atomic E-state index is -0.370. The molecule has 0 atom stereocenters. The van der Waals surface area contributed by atoms with E-state index < -0.39 is 0 Å². The fraction of sp³-hybridized carbons (Fsp3) is 0.222. The molecule has 5 heteroatoms. The number of halogens is 1. The van der Waals surface area contributed by atoms with Gasteiger partial charge in [-0.15, -0.1) is 0 Å². The Morgan fingerprint density at radius 3 is 2.86 bits per heavy atom. The Kier molecular flexibility index (Phi) is 3.60. The molecule has 0 amide bonds. The van der Waals surface area contributed by atoms with Crippen LogP contribution in [0, 0.1) is 21.4 Å². The molecule has 14 heavy (non-hydrogen) atoms. The number of hydrogen-bond acceptors (Lipinski definition) is 3. The highest BCUT2D eigenvalue weighted by atomic mass is 79.9. The molecule has 0 aromatic heterocycles. The number of nitrogens with zero attached hydrogens (tertiary/aromatic N) is 2. The molecule has 0 saturated heterocycles. The third kappa shape index (κ3) is 2.82. The van der Waals surface area contributed by atoms with Crippen LogP contribution >= 0.6 is 15.9 Å². The zero-order valence-electron chi connectivity index (χ0n) is 7.24. The van der Waals surface area contributed by atoms with Gasteiger partial charge in [-0.3, -0.25) is 10.1 Å². The van der Waals surface area contributed by atoms with Crippen molar-refractivity contribution in [1.29, 1.82) is 5.26 Å². The van der Waals surface area contributed by atoms with Crippen molar-refractivity contribution >= 4 is 15.9 Å². The second kappa shape index (κ2) is 4.72. The smallest absolute Gasteiger partial charge is 0.207 e. The summed E-state index contributed by atoms with van der Waals surface area (Å²) in [5.74, 6) is 0. The minimum Gasteiger partial charge on any atom is -0.265 e. The van der Waals surface area contributed by atoms with Crippen molar-refractivity contribution in [2.24, 2.45) is 0 Å². The number of nitro groups is 1. The van der Waals surface area contributed by atoms with E-state index in [1.807, 2.05) is 6.07 Å². The molecule has 0 saturated carbocycles. The summed E-state index contributed by atoms with van der Waals surface area (Å²) < 4.78 is 0.804. The van der Waals surface area contributed by atoms with E-state index in [9.17, 15) is 10.1 Å². The largest absolute Gasteiger partial charge is 0.265 e. The summed E-state index contributed by atoms with van der Waals surface area (Å²) in [6.07, 6.45) is 0.336. The summed E-state index contributed by atoms with van der Waals surface area (Å²) in [6.45, 7) is -0.118. The van der Waals surface area contributed by atoms with Gasteiger partial charge in [-0.05, 0) is 23.8 Å². The molecule has 0 aliphatic heterocycles. The highest BCUT2D eigenvalue weighted by molar-refractivity contribution is 9.10. The highest BCUT2D eigenvalue weighted by Gasteiger charge is 2.05. The van der Waals surface area contributed by atoms with Crippen molar-refractivity contribution in [3.63, 3.8) is 0 Å². The zero-order valence-corrected chi connectivity index (χ0v) is 8.82. The molecule has 0 spiro atoms. The van der Waals surface area contributed by atoms with Gasteiger partial charge in [-0.25, -0.2) is 0 Å². The summed E-state index contributed by atoms with van der Waals surface area (Å²) in [5.41, 5.74) is 1.31. The van der Waals surface area contributed by atoms with Gasteiger partial charge in [0.1, 0.15) is 0 Å². The summed E-state index contributed by atoms with van der Waals surface area (Å²) in [6, 6.07) is 7.05. The second-order valence-electron chi connectivity index (χ2n) is 2.72. The van der Waals surface area contributed by atoms with Crippen molar-refractivity contribution < 1.29 is 4.92 Å².